The third-order valence-electron chi connectivity index (χ3n) is 3.58. The molecular formula is C16H8O2. The molecule has 0 unspecified atom stereocenters. The topological polar surface area (TPSA) is 34.1 Å². The molecule has 0 aromatic heterocycles. The van der Waals surface area contributed by atoms with Gasteiger partial charge in [0, 0.05) is 5.22 Å². The van der Waals surface area contributed by atoms with Gasteiger partial charge in [0.2, 0.25) is 10.9 Å². The van der Waals surface area contributed by atoms with Crippen LogP contribution < -0.4 is 10.9 Å². The van der Waals surface area contributed by atoms with E-state index in [-0.39, 0.29) is 0 Å². The fourth-order valence-corrected chi connectivity index (χ4v) is 2.73. The molecule has 0 amide bonds. The van der Waals surface area contributed by atoms with Gasteiger partial charge < -0.3 is 0 Å². The van der Waals surface area contributed by atoms with Crippen molar-refractivity contribution < 1.29 is 0 Å². The number of fused-ring (bicyclic) bond motifs is 4. The highest BCUT2D eigenvalue weighted by molar-refractivity contribution is 6.02. The van der Waals surface area contributed by atoms with E-state index in [0.717, 1.165) is 21.7 Å². The lowest BCUT2D eigenvalue weighted by Gasteiger charge is -1.89. The van der Waals surface area contributed by atoms with Crippen LogP contribution in [0.3, 0.4) is 0 Å². The summed E-state index contributed by atoms with van der Waals surface area (Å²) < 4.78 is 0. The molecule has 0 spiro atoms. The van der Waals surface area contributed by atoms with Crippen molar-refractivity contribution in [3.8, 4) is 11.1 Å². The van der Waals surface area contributed by atoms with Crippen LogP contribution in [0.25, 0.3) is 21.9 Å². The van der Waals surface area contributed by atoms with Gasteiger partial charge in [0.25, 0.3) is 0 Å². The lowest BCUT2D eigenvalue weighted by Crippen LogP contribution is -2.22. The van der Waals surface area contributed by atoms with E-state index in [1.807, 2.05) is 24.3 Å². The second-order valence-electron chi connectivity index (χ2n) is 4.56. The van der Waals surface area contributed by atoms with Crippen LogP contribution in [-0.2, 0) is 0 Å². The van der Waals surface area contributed by atoms with Crippen LogP contribution in [0.2, 0.25) is 0 Å². The lowest BCUT2D eigenvalue weighted by atomic mass is 10.1. The van der Waals surface area contributed by atoms with Crippen LogP contribution in [0.15, 0.2) is 58.1 Å². The maximum Gasteiger partial charge on any atom is 0.233 e. The first-order valence-corrected chi connectivity index (χ1v) is 5.80. The Kier molecular flexibility index (Phi) is 1.61. The van der Waals surface area contributed by atoms with Gasteiger partial charge in [0.15, 0.2) is 0 Å². The molecule has 0 heterocycles. The minimum Gasteiger partial charge on any atom is -0.286 e. The molecule has 3 aliphatic rings. The molecule has 0 bridgehead atoms. The highest BCUT2D eigenvalue weighted by Crippen LogP contribution is 2.35. The Morgan fingerprint density at radius 2 is 1.56 bits per heavy atom. The molecule has 0 aliphatic heterocycles. The van der Waals surface area contributed by atoms with E-state index in [0.29, 0.717) is 5.22 Å². The van der Waals surface area contributed by atoms with Gasteiger partial charge in [-0.15, -0.1) is 0 Å². The summed E-state index contributed by atoms with van der Waals surface area (Å²) in [4.78, 5) is 23.2. The van der Waals surface area contributed by atoms with Crippen LogP contribution in [0.1, 0.15) is 0 Å². The third-order valence-corrected chi connectivity index (χ3v) is 3.58. The predicted molar refractivity (Wildman–Crippen MR) is 70.8 cm³/mol. The van der Waals surface area contributed by atoms with E-state index in [2.05, 4.69) is 12.1 Å². The highest BCUT2D eigenvalue weighted by Gasteiger charge is 2.15. The van der Waals surface area contributed by atoms with Crippen molar-refractivity contribution in [3.05, 3.63) is 79.4 Å². The monoisotopic (exact) mass is 232 g/mol. The Bertz CT molecular complexity index is 1000. The molecule has 0 saturated heterocycles. The Morgan fingerprint density at radius 1 is 0.722 bits per heavy atom. The van der Waals surface area contributed by atoms with E-state index in [4.69, 9.17) is 0 Å². The van der Waals surface area contributed by atoms with Crippen molar-refractivity contribution in [1.82, 2.24) is 0 Å². The molecule has 0 N–H and O–H groups in total. The van der Waals surface area contributed by atoms with Gasteiger partial charge in [-0.1, -0.05) is 24.3 Å². The van der Waals surface area contributed by atoms with Gasteiger partial charge in [-0.2, -0.15) is 0 Å². The quantitative estimate of drug-likeness (QED) is 0.436. The first-order chi connectivity index (χ1) is 8.75. The van der Waals surface area contributed by atoms with Gasteiger partial charge in [-0.3, -0.25) is 9.59 Å². The Hall–Kier alpha value is -2.48. The van der Waals surface area contributed by atoms with Crippen molar-refractivity contribution in [2.45, 2.75) is 0 Å². The number of hydrogen-bond acceptors (Lipinski definition) is 2. The van der Waals surface area contributed by atoms with Crippen molar-refractivity contribution in [2.75, 3.05) is 0 Å². The summed E-state index contributed by atoms with van der Waals surface area (Å²) in [6.45, 7) is 0. The van der Waals surface area contributed by atoms with Crippen molar-refractivity contribution in [2.24, 2.45) is 0 Å². The second-order valence-corrected chi connectivity index (χ2v) is 4.56. The minimum atomic E-state index is -0.431. The molecule has 0 radical (unpaired) electrons. The van der Waals surface area contributed by atoms with Crippen molar-refractivity contribution in [1.29, 1.82) is 0 Å². The van der Waals surface area contributed by atoms with Crippen LogP contribution in [0.5, 0.6) is 0 Å². The van der Waals surface area contributed by atoms with Crippen LogP contribution in [0.4, 0.5) is 0 Å². The maximum atomic E-state index is 11.8. The zero-order valence-electron chi connectivity index (χ0n) is 9.44. The molecule has 0 atom stereocenters. The molecule has 3 aliphatic carbocycles. The van der Waals surface area contributed by atoms with Crippen LogP contribution >= 0.6 is 0 Å². The summed E-state index contributed by atoms with van der Waals surface area (Å²) in [6, 6.07) is 15.1. The van der Waals surface area contributed by atoms with Crippen LogP contribution in [0, 0.1) is 10.4 Å². The molecule has 0 fully saturated rings. The molecule has 84 valence electrons. The zero-order valence-corrected chi connectivity index (χ0v) is 9.44. The second kappa shape index (κ2) is 3.05. The van der Waals surface area contributed by atoms with Crippen molar-refractivity contribution in [3.63, 3.8) is 0 Å². The molecule has 1 aromatic rings. The maximum absolute atomic E-state index is 11.8. The number of hydrogen-bond donors (Lipinski definition) is 0. The molecule has 18 heavy (non-hydrogen) atoms. The smallest absolute Gasteiger partial charge is 0.233 e. The third kappa shape index (κ3) is 1.02. The fourth-order valence-electron chi connectivity index (χ4n) is 2.73. The number of benzene rings is 1. The van der Waals surface area contributed by atoms with E-state index >= 15 is 0 Å². The Labute approximate surface area is 102 Å². The first-order valence-electron chi connectivity index (χ1n) is 5.80. The van der Waals surface area contributed by atoms with E-state index in [1.54, 1.807) is 6.07 Å². The molecule has 4 rings (SSSR count). The van der Waals surface area contributed by atoms with Crippen LogP contribution in [-0.4, -0.2) is 0 Å². The van der Waals surface area contributed by atoms with E-state index in [1.165, 1.54) is 11.5 Å². The summed E-state index contributed by atoms with van der Waals surface area (Å²) in [7, 11) is 0. The van der Waals surface area contributed by atoms with Crippen molar-refractivity contribution >= 4 is 10.8 Å². The SMILES string of the molecule is O=c1ccc2c3cc4ccccc4c-3cc=2c1=O. The summed E-state index contributed by atoms with van der Waals surface area (Å²) in [6.07, 6.45) is 0. The molecule has 1 aromatic carbocycles. The highest BCUT2D eigenvalue weighted by atomic mass is 16.2. The Morgan fingerprint density at radius 3 is 2.44 bits per heavy atom. The zero-order chi connectivity index (χ0) is 12.3. The largest absolute Gasteiger partial charge is 0.286 e. The van der Waals surface area contributed by atoms with Gasteiger partial charge in [0.05, 0.1) is 0 Å². The summed E-state index contributed by atoms with van der Waals surface area (Å²) >= 11 is 0. The average molecular weight is 232 g/mol. The summed E-state index contributed by atoms with van der Waals surface area (Å²) in [5.41, 5.74) is 1.29. The molecule has 2 nitrogen and oxygen atoms in total. The predicted octanol–water partition coefficient (Wildman–Crippen LogP) is 2.27. The number of rotatable bonds is 0. The van der Waals surface area contributed by atoms with Gasteiger partial charge in [-0.05, 0) is 51.4 Å². The van der Waals surface area contributed by atoms with E-state index in [9.17, 15) is 9.59 Å². The fraction of sp³-hybridized carbons (Fsp3) is 0. The summed E-state index contributed by atoms with van der Waals surface area (Å²) in [5, 5.41) is 3.72. The first kappa shape index (κ1) is 9.54. The van der Waals surface area contributed by atoms with E-state index < -0.39 is 10.9 Å². The average Bonchev–Trinajstić information content (AvgIpc) is 2.90. The lowest BCUT2D eigenvalue weighted by molar-refractivity contribution is 1.40. The van der Waals surface area contributed by atoms with Gasteiger partial charge in [-0.25, -0.2) is 0 Å². The van der Waals surface area contributed by atoms with Gasteiger partial charge >= 0.3 is 0 Å². The molecule has 0 saturated carbocycles. The normalized spacial score (nSPS) is 11.8. The minimum absolute atomic E-state index is 0.396. The van der Waals surface area contributed by atoms with Gasteiger partial charge in [0.1, 0.15) is 0 Å². The molecular weight excluding hydrogens is 224 g/mol. The standard InChI is InChI=1S/C16H8O2/c17-15-6-5-11-12-7-9-3-1-2-4-10(9)13(12)8-14(11)16(15)18/h1-8H. The molecule has 2 heteroatoms. The Balaban J connectivity index is 2.36. The summed E-state index contributed by atoms with van der Waals surface area (Å²) in [5.74, 6) is 0.